The van der Waals surface area contributed by atoms with Gasteiger partial charge in [-0.05, 0) is 56.8 Å². The van der Waals surface area contributed by atoms with E-state index >= 15 is 0 Å². The molecule has 0 saturated carbocycles. The number of benzene rings is 1. The molecule has 0 aromatic heterocycles. The fourth-order valence-corrected chi connectivity index (χ4v) is 3.21. The molecule has 3 heteroatoms. The Bertz CT molecular complexity index is 404. The molecule has 2 N–H and O–H groups in total. The summed E-state index contributed by atoms with van der Waals surface area (Å²) in [5, 5.41) is 0. The first-order valence-corrected chi connectivity index (χ1v) is 7.84. The molecule has 3 atom stereocenters. The summed E-state index contributed by atoms with van der Waals surface area (Å²) in [6.07, 6.45) is 2.50. The van der Waals surface area contributed by atoms with Crippen molar-refractivity contribution < 1.29 is 4.74 Å². The summed E-state index contributed by atoms with van der Waals surface area (Å²) in [4.78, 5) is 2.57. The number of likely N-dealkylation sites (tertiary alicyclic amines) is 1. The van der Waals surface area contributed by atoms with Gasteiger partial charge in [0.15, 0.2) is 0 Å². The Labute approximate surface area is 123 Å². The van der Waals surface area contributed by atoms with E-state index in [0.29, 0.717) is 18.7 Å². The summed E-state index contributed by atoms with van der Waals surface area (Å²) in [7, 11) is 0. The van der Waals surface area contributed by atoms with Gasteiger partial charge >= 0.3 is 0 Å². The van der Waals surface area contributed by atoms with E-state index in [2.05, 4.69) is 43.0 Å². The standard InChI is InChI=1S/C17H28N2O/c1-4-20-17-7-5-15(6-8-17)14(3)19-10-9-13(2)11-16(19)12-18/h5-8,13-14,16H,4,9-12,18H2,1-3H3. The Kier molecular flexibility index (Phi) is 5.44. The van der Waals surface area contributed by atoms with Gasteiger partial charge in [-0.3, -0.25) is 4.90 Å². The topological polar surface area (TPSA) is 38.5 Å². The molecule has 0 aliphatic carbocycles. The Morgan fingerprint density at radius 1 is 1.35 bits per heavy atom. The number of hydrogen-bond donors (Lipinski definition) is 1. The van der Waals surface area contributed by atoms with Crippen LogP contribution in [0.4, 0.5) is 0 Å². The van der Waals surface area contributed by atoms with Crippen LogP contribution in [0, 0.1) is 5.92 Å². The molecule has 1 aromatic carbocycles. The van der Waals surface area contributed by atoms with E-state index in [-0.39, 0.29) is 0 Å². The van der Waals surface area contributed by atoms with Crippen LogP contribution in [0.1, 0.15) is 45.2 Å². The minimum Gasteiger partial charge on any atom is -0.494 e. The summed E-state index contributed by atoms with van der Waals surface area (Å²) in [6.45, 7) is 9.25. The molecule has 1 aromatic rings. The second-order valence-electron chi connectivity index (χ2n) is 5.93. The molecule has 0 amide bonds. The molecule has 0 bridgehead atoms. The van der Waals surface area contributed by atoms with Gasteiger partial charge in [0.1, 0.15) is 5.75 Å². The van der Waals surface area contributed by atoms with Crippen LogP contribution in [0.2, 0.25) is 0 Å². The number of nitrogens with zero attached hydrogens (tertiary/aromatic N) is 1. The Balaban J connectivity index is 2.07. The van der Waals surface area contributed by atoms with Gasteiger partial charge in [-0.2, -0.15) is 0 Å². The highest BCUT2D eigenvalue weighted by Gasteiger charge is 2.29. The van der Waals surface area contributed by atoms with E-state index < -0.39 is 0 Å². The minimum absolute atomic E-state index is 0.423. The van der Waals surface area contributed by atoms with Gasteiger partial charge < -0.3 is 10.5 Å². The molecule has 0 spiro atoms. The van der Waals surface area contributed by atoms with Gasteiger partial charge in [-0.25, -0.2) is 0 Å². The average molecular weight is 276 g/mol. The third kappa shape index (κ3) is 3.53. The fraction of sp³-hybridized carbons (Fsp3) is 0.647. The van der Waals surface area contributed by atoms with E-state index in [4.69, 9.17) is 10.5 Å². The molecule has 1 aliphatic rings. The molecule has 0 radical (unpaired) electrons. The quantitative estimate of drug-likeness (QED) is 0.897. The lowest BCUT2D eigenvalue weighted by Gasteiger charge is -2.42. The van der Waals surface area contributed by atoms with Gasteiger partial charge in [0.05, 0.1) is 6.61 Å². The molecule has 1 heterocycles. The molecule has 1 fully saturated rings. The second kappa shape index (κ2) is 7.09. The zero-order valence-electron chi connectivity index (χ0n) is 13.0. The first-order valence-electron chi connectivity index (χ1n) is 7.84. The maximum atomic E-state index is 5.97. The third-order valence-corrected chi connectivity index (χ3v) is 4.47. The highest BCUT2D eigenvalue weighted by Crippen LogP contribution is 2.31. The zero-order chi connectivity index (χ0) is 14.5. The van der Waals surface area contributed by atoms with Crippen molar-refractivity contribution >= 4 is 0 Å². The van der Waals surface area contributed by atoms with Crippen LogP contribution in [0.25, 0.3) is 0 Å². The first-order chi connectivity index (χ1) is 9.65. The number of piperidine rings is 1. The molecule has 1 saturated heterocycles. The molecule has 20 heavy (non-hydrogen) atoms. The molecule has 112 valence electrons. The van der Waals surface area contributed by atoms with E-state index in [1.54, 1.807) is 0 Å². The molecule has 1 aliphatic heterocycles. The number of ether oxygens (including phenoxy) is 1. The van der Waals surface area contributed by atoms with Crippen molar-refractivity contribution in [3.8, 4) is 5.75 Å². The van der Waals surface area contributed by atoms with Crippen molar-refractivity contribution in [2.45, 2.75) is 45.7 Å². The van der Waals surface area contributed by atoms with Gasteiger partial charge in [0.25, 0.3) is 0 Å². The Morgan fingerprint density at radius 2 is 2.05 bits per heavy atom. The smallest absolute Gasteiger partial charge is 0.119 e. The van der Waals surface area contributed by atoms with Crippen LogP contribution in [-0.2, 0) is 0 Å². The SMILES string of the molecule is CCOc1ccc(C(C)N2CCC(C)CC2CN)cc1. The molecule has 3 unspecified atom stereocenters. The van der Waals surface area contributed by atoms with Crippen molar-refractivity contribution in [2.75, 3.05) is 19.7 Å². The zero-order valence-corrected chi connectivity index (χ0v) is 13.0. The van der Waals surface area contributed by atoms with Gasteiger partial charge in [0.2, 0.25) is 0 Å². The van der Waals surface area contributed by atoms with Crippen molar-refractivity contribution in [1.82, 2.24) is 4.90 Å². The van der Waals surface area contributed by atoms with Gasteiger partial charge in [0, 0.05) is 18.6 Å². The molecular formula is C17H28N2O. The van der Waals surface area contributed by atoms with Crippen LogP contribution in [0.15, 0.2) is 24.3 Å². The Morgan fingerprint density at radius 3 is 2.65 bits per heavy atom. The number of rotatable bonds is 5. The average Bonchev–Trinajstić information content (AvgIpc) is 2.47. The van der Waals surface area contributed by atoms with E-state index in [0.717, 1.165) is 24.8 Å². The van der Waals surface area contributed by atoms with Crippen LogP contribution < -0.4 is 10.5 Å². The van der Waals surface area contributed by atoms with E-state index in [9.17, 15) is 0 Å². The lowest BCUT2D eigenvalue weighted by molar-refractivity contribution is 0.0834. The second-order valence-corrected chi connectivity index (χ2v) is 5.93. The predicted octanol–water partition coefficient (Wildman–Crippen LogP) is 3.21. The summed E-state index contributed by atoms with van der Waals surface area (Å²) in [5.41, 5.74) is 7.32. The third-order valence-electron chi connectivity index (χ3n) is 4.47. The summed E-state index contributed by atoms with van der Waals surface area (Å²) in [6, 6.07) is 9.44. The lowest BCUT2D eigenvalue weighted by atomic mass is 9.90. The maximum absolute atomic E-state index is 5.97. The van der Waals surface area contributed by atoms with Crippen LogP contribution in [0.3, 0.4) is 0 Å². The van der Waals surface area contributed by atoms with Crippen molar-refractivity contribution in [2.24, 2.45) is 11.7 Å². The van der Waals surface area contributed by atoms with Gasteiger partial charge in [-0.15, -0.1) is 0 Å². The Hall–Kier alpha value is -1.06. The molecule has 3 nitrogen and oxygen atoms in total. The monoisotopic (exact) mass is 276 g/mol. The summed E-state index contributed by atoms with van der Waals surface area (Å²) in [5.74, 6) is 1.75. The minimum atomic E-state index is 0.423. The van der Waals surface area contributed by atoms with Crippen molar-refractivity contribution in [1.29, 1.82) is 0 Å². The first kappa shape index (κ1) is 15.3. The number of hydrogen-bond acceptors (Lipinski definition) is 3. The van der Waals surface area contributed by atoms with Crippen molar-refractivity contribution in [3.05, 3.63) is 29.8 Å². The highest BCUT2D eigenvalue weighted by molar-refractivity contribution is 5.29. The van der Waals surface area contributed by atoms with Crippen LogP contribution in [0.5, 0.6) is 5.75 Å². The summed E-state index contributed by atoms with van der Waals surface area (Å²) >= 11 is 0. The normalized spacial score (nSPS) is 25.4. The molecule has 2 rings (SSSR count). The van der Waals surface area contributed by atoms with Crippen LogP contribution >= 0.6 is 0 Å². The summed E-state index contributed by atoms with van der Waals surface area (Å²) < 4.78 is 5.51. The van der Waals surface area contributed by atoms with Crippen molar-refractivity contribution in [3.63, 3.8) is 0 Å². The maximum Gasteiger partial charge on any atom is 0.119 e. The van der Waals surface area contributed by atoms with Crippen LogP contribution in [-0.4, -0.2) is 30.6 Å². The highest BCUT2D eigenvalue weighted by atomic mass is 16.5. The van der Waals surface area contributed by atoms with E-state index in [1.165, 1.54) is 18.4 Å². The van der Waals surface area contributed by atoms with Gasteiger partial charge in [-0.1, -0.05) is 19.1 Å². The predicted molar refractivity (Wildman–Crippen MR) is 84.0 cm³/mol. The number of nitrogens with two attached hydrogens (primary N) is 1. The lowest BCUT2D eigenvalue weighted by Crippen LogP contribution is -2.47. The fourth-order valence-electron chi connectivity index (χ4n) is 3.21. The largest absolute Gasteiger partial charge is 0.494 e. The van der Waals surface area contributed by atoms with E-state index in [1.807, 2.05) is 6.92 Å². The molecular weight excluding hydrogens is 248 g/mol.